The third-order valence-corrected chi connectivity index (χ3v) is 3.43. The molecule has 1 saturated heterocycles. The normalized spacial score (nSPS) is 22.1. The van der Waals surface area contributed by atoms with E-state index in [0.29, 0.717) is 11.7 Å². The molecule has 2 unspecified atom stereocenters. The van der Waals surface area contributed by atoms with Gasteiger partial charge in [-0.25, -0.2) is 4.98 Å². The van der Waals surface area contributed by atoms with Gasteiger partial charge in [-0.1, -0.05) is 0 Å². The van der Waals surface area contributed by atoms with Gasteiger partial charge in [-0.15, -0.1) is 0 Å². The van der Waals surface area contributed by atoms with Crippen molar-refractivity contribution in [1.82, 2.24) is 20.2 Å². The van der Waals surface area contributed by atoms with Crippen LogP contribution in [0.3, 0.4) is 0 Å². The van der Waals surface area contributed by atoms with Crippen LogP contribution in [0.5, 0.6) is 0 Å². The third kappa shape index (κ3) is 2.85. The molecular formula is C12H20N4O. The summed E-state index contributed by atoms with van der Waals surface area (Å²) in [6, 6.07) is 0.187. The molecule has 2 N–H and O–H groups in total. The van der Waals surface area contributed by atoms with Gasteiger partial charge >= 0.3 is 0 Å². The van der Waals surface area contributed by atoms with Crippen LogP contribution < -0.4 is 10.6 Å². The van der Waals surface area contributed by atoms with E-state index >= 15 is 0 Å². The number of imidazole rings is 1. The molecule has 2 rings (SSSR count). The Balaban J connectivity index is 1.92. The maximum absolute atomic E-state index is 12.0. The summed E-state index contributed by atoms with van der Waals surface area (Å²) in [5.74, 6) is 0.907. The van der Waals surface area contributed by atoms with Crippen molar-refractivity contribution in [3.05, 3.63) is 18.2 Å². The monoisotopic (exact) mass is 236 g/mol. The molecule has 0 spiro atoms. The van der Waals surface area contributed by atoms with Gasteiger partial charge < -0.3 is 15.2 Å². The zero-order valence-electron chi connectivity index (χ0n) is 10.4. The van der Waals surface area contributed by atoms with E-state index in [1.165, 1.54) is 12.8 Å². The summed E-state index contributed by atoms with van der Waals surface area (Å²) in [7, 11) is 1.83. The number of amides is 1. The van der Waals surface area contributed by atoms with Gasteiger partial charge in [-0.3, -0.25) is 4.79 Å². The molecule has 1 aliphatic heterocycles. The summed E-state index contributed by atoms with van der Waals surface area (Å²) in [6.07, 6.45) is 5.78. The quantitative estimate of drug-likeness (QED) is 0.805. The number of hydrogen-bond acceptors (Lipinski definition) is 3. The van der Waals surface area contributed by atoms with Crippen LogP contribution in [0.1, 0.15) is 30.4 Å². The van der Waals surface area contributed by atoms with E-state index in [-0.39, 0.29) is 11.9 Å². The number of carbonyl (C=O) groups is 1. The number of aryl methyl sites for hydroxylation is 1. The average molecular weight is 236 g/mol. The fourth-order valence-electron chi connectivity index (χ4n) is 2.28. The smallest absolute Gasteiger partial charge is 0.287 e. The second-order valence-electron chi connectivity index (χ2n) is 4.73. The van der Waals surface area contributed by atoms with E-state index in [0.717, 1.165) is 13.1 Å². The minimum absolute atomic E-state index is 0.0874. The molecule has 2 atom stereocenters. The van der Waals surface area contributed by atoms with Gasteiger partial charge in [-0.05, 0) is 38.8 Å². The highest BCUT2D eigenvalue weighted by atomic mass is 16.2. The lowest BCUT2D eigenvalue weighted by Gasteiger charge is -2.28. The molecule has 1 fully saturated rings. The van der Waals surface area contributed by atoms with E-state index < -0.39 is 0 Å². The Morgan fingerprint density at radius 1 is 1.71 bits per heavy atom. The van der Waals surface area contributed by atoms with Crippen LogP contribution in [-0.4, -0.2) is 34.6 Å². The third-order valence-electron chi connectivity index (χ3n) is 3.43. The largest absolute Gasteiger partial charge is 0.347 e. The molecule has 1 aliphatic rings. The number of nitrogens with one attached hydrogen (secondary N) is 2. The molecule has 1 aromatic heterocycles. The molecule has 17 heavy (non-hydrogen) atoms. The molecule has 94 valence electrons. The lowest BCUT2D eigenvalue weighted by molar-refractivity contribution is 0.0908. The summed E-state index contributed by atoms with van der Waals surface area (Å²) in [4.78, 5) is 16.0. The van der Waals surface area contributed by atoms with Crippen molar-refractivity contribution in [3.63, 3.8) is 0 Å². The summed E-state index contributed by atoms with van der Waals surface area (Å²) in [6.45, 7) is 4.15. The number of rotatable bonds is 3. The van der Waals surface area contributed by atoms with Crippen LogP contribution in [-0.2, 0) is 7.05 Å². The first-order valence-electron chi connectivity index (χ1n) is 6.17. The average Bonchev–Trinajstić information content (AvgIpc) is 2.76. The van der Waals surface area contributed by atoms with E-state index in [9.17, 15) is 4.79 Å². The Labute approximate surface area is 102 Å². The Morgan fingerprint density at radius 2 is 2.53 bits per heavy atom. The fourth-order valence-corrected chi connectivity index (χ4v) is 2.28. The molecular weight excluding hydrogens is 216 g/mol. The Morgan fingerprint density at radius 3 is 3.12 bits per heavy atom. The lowest BCUT2D eigenvalue weighted by atomic mass is 9.93. The maximum atomic E-state index is 12.0. The van der Waals surface area contributed by atoms with Gasteiger partial charge in [0.25, 0.3) is 5.91 Å². The molecule has 1 amide bonds. The topological polar surface area (TPSA) is 59.0 Å². The SMILES string of the molecule is CC(NC(=O)c1nccn1C)C1CCCNC1. The van der Waals surface area contributed by atoms with Gasteiger partial charge in [0.05, 0.1) is 0 Å². The number of hydrogen-bond donors (Lipinski definition) is 2. The highest BCUT2D eigenvalue weighted by Crippen LogP contribution is 2.14. The van der Waals surface area contributed by atoms with Crippen molar-refractivity contribution in [3.8, 4) is 0 Å². The first kappa shape index (κ1) is 12.1. The van der Waals surface area contributed by atoms with Crippen molar-refractivity contribution >= 4 is 5.91 Å². The maximum Gasteiger partial charge on any atom is 0.287 e. The van der Waals surface area contributed by atoms with Gasteiger partial charge in [0.1, 0.15) is 0 Å². The van der Waals surface area contributed by atoms with E-state index in [2.05, 4.69) is 22.5 Å². The molecule has 0 radical (unpaired) electrons. The van der Waals surface area contributed by atoms with Crippen molar-refractivity contribution in [1.29, 1.82) is 0 Å². The zero-order valence-corrected chi connectivity index (χ0v) is 10.4. The lowest BCUT2D eigenvalue weighted by Crippen LogP contribution is -2.45. The molecule has 5 heteroatoms. The van der Waals surface area contributed by atoms with E-state index in [1.807, 2.05) is 7.05 Å². The second-order valence-corrected chi connectivity index (χ2v) is 4.73. The van der Waals surface area contributed by atoms with Crippen LogP contribution in [0.4, 0.5) is 0 Å². The highest BCUT2D eigenvalue weighted by Gasteiger charge is 2.22. The molecule has 0 bridgehead atoms. The standard InChI is InChI=1S/C12H20N4O/c1-9(10-4-3-5-13-8-10)15-12(17)11-14-6-7-16(11)2/h6-7,9-10,13H,3-5,8H2,1-2H3,(H,15,17). The Hall–Kier alpha value is -1.36. The minimum Gasteiger partial charge on any atom is -0.347 e. The van der Waals surface area contributed by atoms with Gasteiger partial charge in [0.15, 0.2) is 5.82 Å². The zero-order chi connectivity index (χ0) is 12.3. The Kier molecular flexibility index (Phi) is 3.78. The van der Waals surface area contributed by atoms with Crippen molar-refractivity contribution in [2.75, 3.05) is 13.1 Å². The molecule has 0 aromatic carbocycles. The van der Waals surface area contributed by atoms with Crippen molar-refractivity contribution in [2.24, 2.45) is 13.0 Å². The van der Waals surface area contributed by atoms with E-state index in [4.69, 9.17) is 0 Å². The first-order valence-corrected chi connectivity index (χ1v) is 6.17. The predicted octanol–water partition coefficient (Wildman–Crippen LogP) is 0.538. The summed E-state index contributed by atoms with van der Waals surface area (Å²) < 4.78 is 1.74. The summed E-state index contributed by atoms with van der Waals surface area (Å²) in [5.41, 5.74) is 0. The Bertz CT molecular complexity index is 382. The number of carbonyl (C=O) groups excluding carboxylic acids is 1. The molecule has 0 aliphatic carbocycles. The molecule has 2 heterocycles. The number of piperidine rings is 1. The summed E-state index contributed by atoms with van der Waals surface area (Å²) in [5, 5.41) is 6.39. The van der Waals surface area contributed by atoms with Crippen molar-refractivity contribution < 1.29 is 4.79 Å². The van der Waals surface area contributed by atoms with Crippen LogP contribution >= 0.6 is 0 Å². The van der Waals surface area contributed by atoms with Crippen LogP contribution in [0.2, 0.25) is 0 Å². The second kappa shape index (κ2) is 5.31. The summed E-state index contributed by atoms with van der Waals surface area (Å²) >= 11 is 0. The number of aromatic nitrogens is 2. The number of nitrogens with zero attached hydrogens (tertiary/aromatic N) is 2. The van der Waals surface area contributed by atoms with Crippen LogP contribution in [0, 0.1) is 5.92 Å². The van der Waals surface area contributed by atoms with E-state index in [1.54, 1.807) is 17.0 Å². The first-order chi connectivity index (χ1) is 8.18. The predicted molar refractivity (Wildman–Crippen MR) is 65.7 cm³/mol. The molecule has 5 nitrogen and oxygen atoms in total. The van der Waals surface area contributed by atoms with Crippen LogP contribution in [0.25, 0.3) is 0 Å². The molecule has 0 saturated carbocycles. The highest BCUT2D eigenvalue weighted by molar-refractivity contribution is 5.90. The van der Waals surface area contributed by atoms with Crippen LogP contribution in [0.15, 0.2) is 12.4 Å². The van der Waals surface area contributed by atoms with Gasteiger partial charge in [0.2, 0.25) is 0 Å². The molecule has 1 aromatic rings. The van der Waals surface area contributed by atoms with Gasteiger partial charge in [-0.2, -0.15) is 0 Å². The van der Waals surface area contributed by atoms with Crippen molar-refractivity contribution in [2.45, 2.75) is 25.8 Å². The fraction of sp³-hybridized carbons (Fsp3) is 0.667. The minimum atomic E-state index is -0.0874. The van der Waals surface area contributed by atoms with Gasteiger partial charge in [0, 0.05) is 25.5 Å².